The van der Waals surface area contributed by atoms with E-state index in [1.165, 1.54) is 36.9 Å². The van der Waals surface area contributed by atoms with Crippen molar-refractivity contribution in [2.75, 3.05) is 6.54 Å². The van der Waals surface area contributed by atoms with Crippen molar-refractivity contribution in [3.8, 4) is 0 Å². The number of rotatable bonds is 3. The van der Waals surface area contributed by atoms with Crippen LogP contribution in [0.4, 0.5) is 0 Å². The summed E-state index contributed by atoms with van der Waals surface area (Å²) >= 11 is 0. The summed E-state index contributed by atoms with van der Waals surface area (Å²) in [4.78, 5) is 2.67. The molecule has 1 heteroatoms. The first-order valence-corrected chi connectivity index (χ1v) is 7.72. The van der Waals surface area contributed by atoms with Gasteiger partial charge >= 0.3 is 0 Å². The van der Waals surface area contributed by atoms with Crippen molar-refractivity contribution in [1.29, 1.82) is 0 Å². The molecule has 0 saturated carbocycles. The van der Waals surface area contributed by atoms with Crippen molar-refractivity contribution in [3.05, 3.63) is 71.8 Å². The molecule has 0 N–H and O–H groups in total. The molecule has 104 valence electrons. The summed E-state index contributed by atoms with van der Waals surface area (Å²) in [7, 11) is 0. The summed E-state index contributed by atoms with van der Waals surface area (Å²) in [5.74, 6) is 0. The van der Waals surface area contributed by atoms with Crippen LogP contribution < -0.4 is 0 Å². The summed E-state index contributed by atoms with van der Waals surface area (Å²) < 4.78 is 0. The van der Waals surface area contributed by atoms with E-state index in [0.717, 1.165) is 0 Å². The van der Waals surface area contributed by atoms with E-state index in [-0.39, 0.29) is 0 Å². The molecule has 0 amide bonds. The number of piperidine rings is 1. The minimum atomic E-state index is 0.488. The van der Waals surface area contributed by atoms with Crippen LogP contribution in [0.25, 0.3) is 0 Å². The van der Waals surface area contributed by atoms with Crippen molar-refractivity contribution < 1.29 is 0 Å². The molecule has 2 aromatic rings. The van der Waals surface area contributed by atoms with Gasteiger partial charge in [0, 0.05) is 12.1 Å². The van der Waals surface area contributed by atoms with Crippen LogP contribution in [0.5, 0.6) is 0 Å². The van der Waals surface area contributed by atoms with E-state index in [1.807, 2.05) is 0 Å². The Bertz CT molecular complexity index is 520. The van der Waals surface area contributed by atoms with Gasteiger partial charge in [0.25, 0.3) is 0 Å². The molecule has 1 fully saturated rings. The highest BCUT2D eigenvalue weighted by atomic mass is 15.2. The molecule has 0 radical (unpaired) electrons. The molecule has 0 aliphatic carbocycles. The number of hydrogen-bond donors (Lipinski definition) is 0. The quantitative estimate of drug-likeness (QED) is 0.757. The molecule has 3 rings (SSSR count). The number of nitrogens with zero attached hydrogens (tertiary/aromatic N) is 1. The predicted octanol–water partition coefficient (Wildman–Crippen LogP) is 4.97. The smallest absolute Gasteiger partial charge is 0.0354 e. The third kappa shape index (κ3) is 2.78. The fourth-order valence-corrected chi connectivity index (χ4v) is 3.37. The Labute approximate surface area is 122 Å². The molecule has 1 aliphatic rings. The summed E-state index contributed by atoms with van der Waals surface area (Å²) in [6, 6.07) is 22.9. The molecule has 1 heterocycles. The highest BCUT2D eigenvalue weighted by molar-refractivity contribution is 5.23. The first-order chi connectivity index (χ1) is 9.86. The van der Waals surface area contributed by atoms with E-state index in [4.69, 9.17) is 0 Å². The van der Waals surface area contributed by atoms with Crippen LogP contribution in [0, 0.1) is 0 Å². The summed E-state index contributed by atoms with van der Waals surface area (Å²) in [5, 5.41) is 0. The largest absolute Gasteiger partial charge is 0.290 e. The molecule has 0 bridgehead atoms. The first-order valence-electron chi connectivity index (χ1n) is 7.72. The van der Waals surface area contributed by atoms with Gasteiger partial charge in [0.1, 0.15) is 0 Å². The average Bonchev–Trinajstić information content (AvgIpc) is 2.56. The van der Waals surface area contributed by atoms with Crippen LogP contribution in [0.15, 0.2) is 60.7 Å². The minimum Gasteiger partial charge on any atom is -0.290 e. The zero-order valence-electron chi connectivity index (χ0n) is 12.2. The maximum atomic E-state index is 2.67. The van der Waals surface area contributed by atoms with Crippen LogP contribution in [-0.2, 0) is 0 Å². The van der Waals surface area contributed by atoms with Crippen LogP contribution in [-0.4, -0.2) is 11.4 Å². The van der Waals surface area contributed by atoms with Crippen LogP contribution in [0.1, 0.15) is 49.4 Å². The standard InChI is InChI=1S/C19H23N/c1-16(17-10-4-2-5-11-17)20-15-9-8-14-19(20)18-12-6-3-7-13-18/h2-7,10-13,16,19H,8-9,14-15H2,1H3/t16-,19?/m1/s1. The van der Waals surface area contributed by atoms with Gasteiger partial charge < -0.3 is 0 Å². The third-order valence-corrected chi connectivity index (χ3v) is 4.51. The van der Waals surface area contributed by atoms with Crippen LogP contribution in [0.2, 0.25) is 0 Å². The minimum absolute atomic E-state index is 0.488. The highest BCUT2D eigenvalue weighted by Crippen LogP contribution is 2.37. The zero-order valence-corrected chi connectivity index (χ0v) is 12.2. The van der Waals surface area contributed by atoms with Crippen molar-refractivity contribution in [2.24, 2.45) is 0 Å². The van der Waals surface area contributed by atoms with Crippen molar-refractivity contribution in [2.45, 2.75) is 38.3 Å². The topological polar surface area (TPSA) is 3.24 Å². The highest BCUT2D eigenvalue weighted by Gasteiger charge is 2.28. The van der Waals surface area contributed by atoms with Gasteiger partial charge in [-0.15, -0.1) is 0 Å². The zero-order chi connectivity index (χ0) is 13.8. The molecular formula is C19H23N. The first kappa shape index (κ1) is 13.4. The lowest BCUT2D eigenvalue weighted by molar-refractivity contribution is 0.103. The SMILES string of the molecule is C[C@H](c1ccccc1)N1CCCCC1c1ccccc1. The molecular weight excluding hydrogens is 242 g/mol. The Hall–Kier alpha value is -1.60. The average molecular weight is 265 g/mol. The van der Waals surface area contributed by atoms with Crippen molar-refractivity contribution >= 4 is 0 Å². The lowest BCUT2D eigenvalue weighted by Gasteiger charge is -2.40. The normalized spacial score (nSPS) is 21.6. The van der Waals surface area contributed by atoms with E-state index in [0.29, 0.717) is 12.1 Å². The fourth-order valence-electron chi connectivity index (χ4n) is 3.37. The maximum Gasteiger partial charge on any atom is 0.0354 e. The van der Waals surface area contributed by atoms with Crippen LogP contribution in [0.3, 0.4) is 0 Å². The summed E-state index contributed by atoms with van der Waals surface area (Å²) in [6.07, 6.45) is 3.94. The number of hydrogen-bond acceptors (Lipinski definition) is 1. The van der Waals surface area contributed by atoms with Gasteiger partial charge in [-0.25, -0.2) is 0 Å². The van der Waals surface area contributed by atoms with Gasteiger partial charge in [-0.1, -0.05) is 67.1 Å². The molecule has 1 unspecified atom stereocenters. The predicted molar refractivity (Wildman–Crippen MR) is 84.6 cm³/mol. The maximum absolute atomic E-state index is 2.67. The Balaban J connectivity index is 1.86. The van der Waals surface area contributed by atoms with E-state index in [2.05, 4.69) is 72.5 Å². The third-order valence-electron chi connectivity index (χ3n) is 4.51. The Kier molecular flexibility index (Phi) is 4.17. The van der Waals surface area contributed by atoms with E-state index in [1.54, 1.807) is 0 Å². The van der Waals surface area contributed by atoms with Crippen molar-refractivity contribution in [3.63, 3.8) is 0 Å². The molecule has 2 aromatic carbocycles. The van der Waals surface area contributed by atoms with Gasteiger partial charge in [-0.05, 0) is 37.4 Å². The summed E-state index contributed by atoms with van der Waals surface area (Å²) in [5.41, 5.74) is 2.89. The number of likely N-dealkylation sites (tertiary alicyclic amines) is 1. The molecule has 1 aliphatic heterocycles. The lowest BCUT2D eigenvalue weighted by atomic mass is 9.92. The van der Waals surface area contributed by atoms with E-state index >= 15 is 0 Å². The summed E-state index contributed by atoms with van der Waals surface area (Å²) in [6.45, 7) is 3.55. The van der Waals surface area contributed by atoms with Gasteiger partial charge in [0.15, 0.2) is 0 Å². The van der Waals surface area contributed by atoms with Gasteiger partial charge in [-0.2, -0.15) is 0 Å². The van der Waals surface area contributed by atoms with E-state index in [9.17, 15) is 0 Å². The fraction of sp³-hybridized carbons (Fsp3) is 0.368. The molecule has 2 atom stereocenters. The van der Waals surface area contributed by atoms with Gasteiger partial charge in [-0.3, -0.25) is 4.90 Å². The molecule has 20 heavy (non-hydrogen) atoms. The second-order valence-corrected chi connectivity index (χ2v) is 5.75. The van der Waals surface area contributed by atoms with Gasteiger partial charge in [0.05, 0.1) is 0 Å². The second-order valence-electron chi connectivity index (χ2n) is 5.75. The van der Waals surface area contributed by atoms with Crippen LogP contribution >= 0.6 is 0 Å². The monoisotopic (exact) mass is 265 g/mol. The Morgan fingerprint density at radius 3 is 2.25 bits per heavy atom. The molecule has 1 nitrogen and oxygen atoms in total. The number of benzene rings is 2. The Morgan fingerprint density at radius 1 is 0.900 bits per heavy atom. The molecule has 1 saturated heterocycles. The Morgan fingerprint density at radius 2 is 1.55 bits per heavy atom. The second kappa shape index (κ2) is 6.23. The lowest BCUT2D eigenvalue weighted by Crippen LogP contribution is -2.35. The molecule has 0 aromatic heterocycles. The van der Waals surface area contributed by atoms with Gasteiger partial charge in [0.2, 0.25) is 0 Å². The van der Waals surface area contributed by atoms with Crippen molar-refractivity contribution in [1.82, 2.24) is 4.90 Å². The molecule has 0 spiro atoms. The van der Waals surface area contributed by atoms with E-state index < -0.39 is 0 Å².